The second-order valence-electron chi connectivity index (χ2n) is 7.75. The van der Waals surface area contributed by atoms with Crippen LogP contribution >= 0.6 is 11.8 Å². The number of amides is 1. The Kier molecular flexibility index (Phi) is 8.77. The lowest BCUT2D eigenvalue weighted by Crippen LogP contribution is -2.27. The van der Waals surface area contributed by atoms with Gasteiger partial charge in [0.2, 0.25) is 5.91 Å². The molecule has 1 heterocycles. The highest BCUT2D eigenvalue weighted by Crippen LogP contribution is 2.30. The van der Waals surface area contributed by atoms with Crippen molar-refractivity contribution >= 4 is 34.3 Å². The number of rotatable bonds is 11. The first-order valence-electron chi connectivity index (χ1n) is 11.2. The van der Waals surface area contributed by atoms with Crippen molar-refractivity contribution in [3.8, 4) is 11.5 Å². The van der Waals surface area contributed by atoms with Crippen molar-refractivity contribution in [2.45, 2.75) is 56.5 Å². The molecule has 33 heavy (non-hydrogen) atoms. The number of aromatic nitrogens is 2. The third-order valence-electron chi connectivity index (χ3n) is 5.36. The van der Waals surface area contributed by atoms with Gasteiger partial charge in [0.25, 0.3) is 5.56 Å². The Labute approximate surface area is 198 Å². The van der Waals surface area contributed by atoms with E-state index in [4.69, 9.17) is 14.5 Å². The smallest absolute Gasteiger partial charge is 0.262 e. The van der Waals surface area contributed by atoms with Crippen molar-refractivity contribution in [3.05, 3.63) is 52.8 Å². The number of carbonyl (C=O) groups is 1. The Hall–Kier alpha value is -3.00. The highest BCUT2D eigenvalue weighted by molar-refractivity contribution is 8.00. The average Bonchev–Trinajstić information content (AvgIpc) is 2.83. The summed E-state index contributed by atoms with van der Waals surface area (Å²) in [4.78, 5) is 30.8. The predicted molar refractivity (Wildman–Crippen MR) is 134 cm³/mol. The number of methoxy groups -OCH3 is 2. The maximum absolute atomic E-state index is 13.2. The summed E-state index contributed by atoms with van der Waals surface area (Å²) in [5.74, 6) is 0.935. The number of hydrogen-bond donors (Lipinski definition) is 1. The Morgan fingerprint density at radius 3 is 2.58 bits per heavy atom. The maximum Gasteiger partial charge on any atom is 0.262 e. The molecule has 0 spiro atoms. The molecule has 0 fully saturated rings. The van der Waals surface area contributed by atoms with Crippen LogP contribution in [0, 0.1) is 0 Å². The van der Waals surface area contributed by atoms with Crippen molar-refractivity contribution in [3.63, 3.8) is 0 Å². The molecule has 0 aliphatic carbocycles. The molecule has 0 bridgehead atoms. The van der Waals surface area contributed by atoms with Crippen LogP contribution in [0.5, 0.6) is 11.5 Å². The van der Waals surface area contributed by atoms with Crippen LogP contribution in [-0.2, 0) is 11.3 Å². The zero-order valence-electron chi connectivity index (χ0n) is 19.6. The summed E-state index contributed by atoms with van der Waals surface area (Å²) in [6.45, 7) is 4.55. The number of ether oxygens (including phenoxy) is 2. The fourth-order valence-corrected chi connectivity index (χ4v) is 4.44. The molecular weight excluding hydrogens is 438 g/mol. The molecule has 1 aromatic heterocycles. The summed E-state index contributed by atoms with van der Waals surface area (Å²) in [5.41, 5.74) is 1.18. The Bertz CT molecular complexity index is 1160. The summed E-state index contributed by atoms with van der Waals surface area (Å²) in [6.07, 6.45) is 4.20. The lowest BCUT2D eigenvalue weighted by Gasteiger charge is -2.17. The fourth-order valence-electron chi connectivity index (χ4n) is 3.50. The molecule has 3 aromatic rings. The molecule has 0 aliphatic heterocycles. The molecule has 1 N–H and O–H groups in total. The van der Waals surface area contributed by atoms with Gasteiger partial charge in [0.05, 0.1) is 30.4 Å². The van der Waals surface area contributed by atoms with Crippen LogP contribution in [-0.4, -0.2) is 34.9 Å². The summed E-state index contributed by atoms with van der Waals surface area (Å²) >= 11 is 1.29. The van der Waals surface area contributed by atoms with Crippen molar-refractivity contribution in [2.24, 2.45) is 0 Å². The molecule has 0 saturated heterocycles. The third kappa shape index (κ3) is 6.07. The number of thioether (sulfide) groups is 1. The maximum atomic E-state index is 13.2. The zero-order chi connectivity index (χ0) is 23.8. The number of carbonyl (C=O) groups excluding carboxylic acids is 1. The van der Waals surface area contributed by atoms with Crippen molar-refractivity contribution in [1.29, 1.82) is 0 Å². The van der Waals surface area contributed by atoms with E-state index in [1.54, 1.807) is 43.1 Å². The molecule has 7 nitrogen and oxygen atoms in total. The van der Waals surface area contributed by atoms with Crippen LogP contribution in [0.1, 0.15) is 39.5 Å². The van der Waals surface area contributed by atoms with E-state index in [0.717, 1.165) is 25.7 Å². The number of fused-ring (bicyclic) bond motifs is 1. The van der Waals surface area contributed by atoms with Crippen LogP contribution in [0.3, 0.4) is 0 Å². The minimum atomic E-state index is -0.465. The Morgan fingerprint density at radius 1 is 1.09 bits per heavy atom. The van der Waals surface area contributed by atoms with Gasteiger partial charge in [0.1, 0.15) is 0 Å². The standard InChI is InChI=1S/C25H31N3O4S/c1-5-6-7-10-15-28-24(30)19-11-8-9-12-20(19)27-25(28)33-17(2)23(29)26-18-13-14-21(31-3)22(16-18)32-4/h8-9,11-14,16-17H,5-7,10,15H2,1-4H3,(H,26,29). The quantitative estimate of drug-likeness (QED) is 0.239. The SMILES string of the molecule is CCCCCCn1c(SC(C)C(=O)Nc2ccc(OC)c(OC)c2)nc2ccccc2c1=O. The Balaban J connectivity index is 1.81. The minimum absolute atomic E-state index is 0.0629. The summed E-state index contributed by atoms with van der Waals surface area (Å²) in [7, 11) is 3.11. The largest absolute Gasteiger partial charge is 0.493 e. The molecule has 1 amide bonds. The zero-order valence-corrected chi connectivity index (χ0v) is 20.4. The molecule has 8 heteroatoms. The second-order valence-corrected chi connectivity index (χ2v) is 9.06. The highest BCUT2D eigenvalue weighted by Gasteiger charge is 2.20. The van der Waals surface area contributed by atoms with Crippen LogP contribution in [0.15, 0.2) is 52.4 Å². The summed E-state index contributed by atoms with van der Waals surface area (Å²) < 4.78 is 12.3. The lowest BCUT2D eigenvalue weighted by molar-refractivity contribution is -0.115. The number of nitrogens with one attached hydrogen (secondary N) is 1. The first kappa shape index (κ1) is 24.6. The van der Waals surface area contributed by atoms with Gasteiger partial charge in [-0.05, 0) is 37.6 Å². The van der Waals surface area contributed by atoms with E-state index in [2.05, 4.69) is 12.2 Å². The van der Waals surface area contributed by atoms with Crippen molar-refractivity contribution < 1.29 is 14.3 Å². The lowest BCUT2D eigenvalue weighted by atomic mass is 10.2. The predicted octanol–water partition coefficient (Wildman–Crippen LogP) is 5.11. The molecule has 0 aliphatic rings. The van der Waals surface area contributed by atoms with Gasteiger partial charge in [0.15, 0.2) is 16.7 Å². The number of nitrogens with zero attached hydrogens (tertiary/aromatic N) is 2. The number of benzene rings is 2. The van der Waals surface area contributed by atoms with E-state index >= 15 is 0 Å². The number of hydrogen-bond acceptors (Lipinski definition) is 6. The molecule has 0 radical (unpaired) electrons. The van der Waals surface area contributed by atoms with Crippen LogP contribution in [0.4, 0.5) is 5.69 Å². The Morgan fingerprint density at radius 2 is 1.85 bits per heavy atom. The molecular formula is C25H31N3O4S. The van der Waals surface area contributed by atoms with Gasteiger partial charge in [-0.15, -0.1) is 0 Å². The van der Waals surface area contributed by atoms with Crippen LogP contribution in [0.25, 0.3) is 10.9 Å². The van der Waals surface area contributed by atoms with E-state index in [1.165, 1.54) is 11.8 Å². The molecule has 176 valence electrons. The number of para-hydroxylation sites is 1. The van der Waals surface area contributed by atoms with Gasteiger partial charge in [-0.25, -0.2) is 4.98 Å². The first-order chi connectivity index (χ1) is 16.0. The summed E-state index contributed by atoms with van der Waals surface area (Å²) in [6, 6.07) is 12.6. The molecule has 0 saturated carbocycles. The molecule has 2 aromatic carbocycles. The van der Waals surface area contributed by atoms with Gasteiger partial charge in [-0.2, -0.15) is 0 Å². The third-order valence-corrected chi connectivity index (χ3v) is 6.45. The normalized spacial score (nSPS) is 11.9. The van der Waals surface area contributed by atoms with Gasteiger partial charge >= 0.3 is 0 Å². The van der Waals surface area contributed by atoms with E-state index in [9.17, 15) is 9.59 Å². The minimum Gasteiger partial charge on any atom is -0.493 e. The molecule has 1 atom stereocenters. The molecule has 1 unspecified atom stereocenters. The monoisotopic (exact) mass is 469 g/mol. The van der Waals surface area contributed by atoms with E-state index in [0.29, 0.717) is 39.8 Å². The fraction of sp³-hybridized carbons (Fsp3) is 0.400. The van der Waals surface area contributed by atoms with Gasteiger partial charge in [-0.1, -0.05) is 50.1 Å². The topological polar surface area (TPSA) is 82.5 Å². The number of anilines is 1. The van der Waals surface area contributed by atoms with E-state index < -0.39 is 5.25 Å². The van der Waals surface area contributed by atoms with Gasteiger partial charge in [-0.3, -0.25) is 14.2 Å². The highest BCUT2D eigenvalue weighted by atomic mass is 32.2. The van der Waals surface area contributed by atoms with Crippen molar-refractivity contribution in [2.75, 3.05) is 19.5 Å². The average molecular weight is 470 g/mol. The van der Waals surface area contributed by atoms with Gasteiger partial charge < -0.3 is 14.8 Å². The first-order valence-corrected chi connectivity index (χ1v) is 12.1. The van der Waals surface area contributed by atoms with Crippen LogP contribution < -0.4 is 20.3 Å². The van der Waals surface area contributed by atoms with Crippen molar-refractivity contribution in [1.82, 2.24) is 9.55 Å². The van der Waals surface area contributed by atoms with E-state index in [-0.39, 0.29) is 11.5 Å². The summed E-state index contributed by atoms with van der Waals surface area (Å²) in [5, 5.41) is 3.60. The van der Waals surface area contributed by atoms with E-state index in [1.807, 2.05) is 25.1 Å². The van der Waals surface area contributed by atoms with Crippen LogP contribution in [0.2, 0.25) is 0 Å². The number of unbranched alkanes of at least 4 members (excludes halogenated alkanes) is 3. The van der Waals surface area contributed by atoms with Gasteiger partial charge in [0, 0.05) is 18.3 Å². The second kappa shape index (κ2) is 11.7. The molecule has 3 rings (SSSR count).